The second-order valence-electron chi connectivity index (χ2n) is 8.65. The fourth-order valence-electron chi connectivity index (χ4n) is 4.02. The van der Waals surface area contributed by atoms with Gasteiger partial charge < -0.3 is 15.4 Å². The van der Waals surface area contributed by atoms with Crippen LogP contribution in [0.15, 0.2) is 48.7 Å². The maximum Gasteiger partial charge on any atom is 0.270 e. The number of benzene rings is 2. The molecule has 0 atom stereocenters. The van der Waals surface area contributed by atoms with Crippen LogP contribution in [-0.2, 0) is 24.3 Å². The zero-order valence-corrected chi connectivity index (χ0v) is 19.7. The van der Waals surface area contributed by atoms with Gasteiger partial charge in [-0.1, -0.05) is 18.2 Å². The summed E-state index contributed by atoms with van der Waals surface area (Å²) < 4.78 is 34.2. The monoisotopic (exact) mass is 505 g/mol. The van der Waals surface area contributed by atoms with Crippen molar-refractivity contribution in [2.24, 2.45) is 0 Å². The third-order valence-electron chi connectivity index (χ3n) is 5.92. The maximum atomic E-state index is 14.3. The van der Waals surface area contributed by atoms with E-state index in [1.807, 2.05) is 0 Å². The van der Waals surface area contributed by atoms with Crippen LogP contribution < -0.4 is 15.4 Å². The molecule has 0 radical (unpaired) electrons. The van der Waals surface area contributed by atoms with Crippen molar-refractivity contribution < 1.29 is 27.9 Å². The smallest absolute Gasteiger partial charge is 0.270 e. The standard InChI is InChI=1S/C26H21F2N5O4/c1-14-6-15(2-4-19(14)27)10-30-26(36)22-9-21(32-24-20(28)12-31-33(22)24)25(35)29-11-16-3-5-23-17(7-16)8-18(34)13-37-23/h2-7,9,12H,8,10-11,13H2,1H3,(H,29,35)(H,30,36). The molecule has 5 rings (SSSR count). The van der Waals surface area contributed by atoms with Crippen LogP contribution in [0.5, 0.6) is 5.75 Å². The highest BCUT2D eigenvalue weighted by Crippen LogP contribution is 2.24. The molecule has 0 spiro atoms. The summed E-state index contributed by atoms with van der Waals surface area (Å²) in [5.74, 6) is -1.80. The van der Waals surface area contributed by atoms with E-state index in [-0.39, 0.29) is 54.8 Å². The molecule has 9 nitrogen and oxygen atoms in total. The predicted molar refractivity (Wildman–Crippen MR) is 127 cm³/mol. The molecular weight excluding hydrogens is 484 g/mol. The number of Topliss-reactive ketones (excluding diaryl/α,β-unsaturated/α-hetero) is 1. The number of carbonyl (C=O) groups excluding carboxylic acids is 3. The number of carbonyl (C=O) groups is 3. The topological polar surface area (TPSA) is 115 Å². The lowest BCUT2D eigenvalue weighted by atomic mass is 10.0. The second kappa shape index (κ2) is 9.76. The number of ketones is 1. The van der Waals surface area contributed by atoms with Gasteiger partial charge in [-0.15, -0.1) is 0 Å². The fraction of sp³-hybridized carbons (Fsp3) is 0.192. The van der Waals surface area contributed by atoms with Crippen molar-refractivity contribution in [3.05, 3.63) is 93.9 Å². The lowest BCUT2D eigenvalue weighted by Crippen LogP contribution is -2.28. The number of rotatable bonds is 6. The quantitative estimate of drug-likeness (QED) is 0.417. The molecule has 2 aromatic carbocycles. The van der Waals surface area contributed by atoms with E-state index < -0.39 is 17.6 Å². The number of hydrogen-bond donors (Lipinski definition) is 2. The third-order valence-corrected chi connectivity index (χ3v) is 5.92. The minimum atomic E-state index is -0.794. The summed E-state index contributed by atoms with van der Waals surface area (Å²) in [5, 5.41) is 9.23. The van der Waals surface area contributed by atoms with Crippen molar-refractivity contribution in [2.75, 3.05) is 6.61 Å². The van der Waals surface area contributed by atoms with Gasteiger partial charge in [-0.05, 0) is 41.8 Å². The normalized spacial score (nSPS) is 12.7. The van der Waals surface area contributed by atoms with E-state index >= 15 is 0 Å². The van der Waals surface area contributed by atoms with E-state index in [9.17, 15) is 23.2 Å². The largest absolute Gasteiger partial charge is 0.486 e. The van der Waals surface area contributed by atoms with E-state index in [4.69, 9.17) is 4.74 Å². The lowest BCUT2D eigenvalue weighted by Gasteiger charge is -2.17. The second-order valence-corrected chi connectivity index (χ2v) is 8.65. The average molecular weight is 505 g/mol. The van der Waals surface area contributed by atoms with E-state index in [2.05, 4.69) is 20.7 Å². The summed E-state index contributed by atoms with van der Waals surface area (Å²) in [7, 11) is 0. The molecule has 1 aliphatic rings. The minimum absolute atomic E-state index is 0.0330. The number of halogens is 2. The molecule has 0 bridgehead atoms. The van der Waals surface area contributed by atoms with Crippen molar-refractivity contribution in [1.82, 2.24) is 25.2 Å². The van der Waals surface area contributed by atoms with Gasteiger partial charge in [0.2, 0.25) is 0 Å². The summed E-state index contributed by atoms with van der Waals surface area (Å²) in [6.45, 7) is 1.85. The first-order valence-electron chi connectivity index (χ1n) is 11.4. The predicted octanol–water partition coefficient (Wildman–Crippen LogP) is 2.68. The summed E-state index contributed by atoms with van der Waals surface area (Å²) in [4.78, 5) is 41.5. The van der Waals surface area contributed by atoms with Gasteiger partial charge >= 0.3 is 0 Å². The van der Waals surface area contributed by atoms with Crippen molar-refractivity contribution >= 4 is 23.2 Å². The van der Waals surface area contributed by atoms with Gasteiger partial charge in [0.05, 0.1) is 6.20 Å². The summed E-state index contributed by atoms with van der Waals surface area (Å²) in [6, 6.07) is 10.9. The fourth-order valence-corrected chi connectivity index (χ4v) is 4.02. The Morgan fingerprint density at radius 2 is 1.73 bits per heavy atom. The van der Waals surface area contributed by atoms with Gasteiger partial charge in [-0.2, -0.15) is 5.10 Å². The molecule has 188 valence electrons. The molecule has 0 fully saturated rings. The molecular formula is C26H21F2N5O4. The Hall–Kier alpha value is -4.67. The number of amides is 2. The Kier molecular flexibility index (Phi) is 6.34. The molecule has 2 aromatic heterocycles. The van der Waals surface area contributed by atoms with Crippen molar-refractivity contribution in [3.63, 3.8) is 0 Å². The molecule has 0 aliphatic carbocycles. The van der Waals surface area contributed by atoms with Gasteiger partial charge in [0.15, 0.2) is 17.2 Å². The third kappa shape index (κ3) is 5.01. The SMILES string of the molecule is Cc1cc(CNC(=O)c2cc(C(=O)NCc3ccc4c(c3)CC(=O)CO4)nc3c(F)cnn23)ccc1F. The molecule has 1 aliphatic heterocycles. The van der Waals surface area contributed by atoms with Crippen LogP contribution in [0.25, 0.3) is 5.65 Å². The van der Waals surface area contributed by atoms with Crippen LogP contribution >= 0.6 is 0 Å². The first-order chi connectivity index (χ1) is 17.8. The highest BCUT2D eigenvalue weighted by atomic mass is 19.1. The molecule has 0 saturated heterocycles. The Balaban J connectivity index is 1.34. The number of aromatic nitrogens is 3. The molecule has 2 amide bonds. The number of hydrogen-bond acceptors (Lipinski definition) is 6. The Morgan fingerprint density at radius 1 is 1.00 bits per heavy atom. The molecule has 0 unspecified atom stereocenters. The van der Waals surface area contributed by atoms with E-state index in [1.165, 1.54) is 12.1 Å². The zero-order valence-electron chi connectivity index (χ0n) is 19.7. The van der Waals surface area contributed by atoms with Gasteiger partial charge in [-0.25, -0.2) is 18.3 Å². The molecule has 0 saturated carbocycles. The van der Waals surface area contributed by atoms with Crippen LogP contribution in [-0.4, -0.2) is 38.8 Å². The van der Waals surface area contributed by atoms with Crippen molar-refractivity contribution in [1.29, 1.82) is 0 Å². The highest BCUT2D eigenvalue weighted by Gasteiger charge is 2.21. The lowest BCUT2D eigenvalue weighted by molar-refractivity contribution is -0.121. The average Bonchev–Trinajstić information content (AvgIpc) is 3.27. The number of aryl methyl sites for hydroxylation is 1. The van der Waals surface area contributed by atoms with Crippen LogP contribution in [0.2, 0.25) is 0 Å². The van der Waals surface area contributed by atoms with E-state index in [0.717, 1.165) is 21.8 Å². The van der Waals surface area contributed by atoms with Gasteiger partial charge in [0.1, 0.15) is 29.6 Å². The molecule has 4 aromatic rings. The summed E-state index contributed by atoms with van der Waals surface area (Å²) in [6.07, 6.45) is 1.16. The number of ether oxygens (including phenoxy) is 1. The minimum Gasteiger partial charge on any atom is -0.486 e. The highest BCUT2D eigenvalue weighted by molar-refractivity contribution is 5.98. The van der Waals surface area contributed by atoms with Gasteiger partial charge in [0, 0.05) is 31.1 Å². The first-order valence-corrected chi connectivity index (χ1v) is 11.4. The Bertz CT molecular complexity index is 1570. The molecule has 37 heavy (non-hydrogen) atoms. The Labute approximate surface area is 209 Å². The van der Waals surface area contributed by atoms with Gasteiger partial charge in [-0.3, -0.25) is 14.4 Å². The van der Waals surface area contributed by atoms with E-state index in [1.54, 1.807) is 37.3 Å². The summed E-state index contributed by atoms with van der Waals surface area (Å²) >= 11 is 0. The zero-order chi connectivity index (χ0) is 26.1. The first kappa shape index (κ1) is 24.0. The maximum absolute atomic E-state index is 14.3. The van der Waals surface area contributed by atoms with Crippen LogP contribution in [0, 0.1) is 18.6 Å². The number of fused-ring (bicyclic) bond motifs is 2. The van der Waals surface area contributed by atoms with Crippen LogP contribution in [0.3, 0.4) is 0 Å². The summed E-state index contributed by atoms with van der Waals surface area (Å²) in [5.41, 5.74) is 2.02. The van der Waals surface area contributed by atoms with Crippen molar-refractivity contribution in [2.45, 2.75) is 26.4 Å². The molecule has 3 heterocycles. The molecule has 11 heteroatoms. The van der Waals surface area contributed by atoms with E-state index in [0.29, 0.717) is 16.9 Å². The number of nitrogens with one attached hydrogen (secondary N) is 2. The van der Waals surface area contributed by atoms with Crippen LogP contribution in [0.4, 0.5) is 8.78 Å². The molecule has 2 N–H and O–H groups in total. The van der Waals surface area contributed by atoms with Crippen LogP contribution in [0.1, 0.15) is 43.2 Å². The Morgan fingerprint density at radius 3 is 2.51 bits per heavy atom. The van der Waals surface area contributed by atoms with Crippen molar-refractivity contribution in [3.8, 4) is 5.75 Å². The number of nitrogens with zero attached hydrogens (tertiary/aromatic N) is 3. The van der Waals surface area contributed by atoms with Gasteiger partial charge in [0.25, 0.3) is 11.8 Å².